The van der Waals surface area contributed by atoms with E-state index in [0.717, 1.165) is 32.0 Å². The Labute approximate surface area is 62.8 Å². The van der Waals surface area contributed by atoms with E-state index in [1.165, 1.54) is 0 Å². The Kier molecular flexibility index (Phi) is 2.69. The van der Waals surface area contributed by atoms with Crippen molar-refractivity contribution >= 4 is 0 Å². The van der Waals surface area contributed by atoms with Crippen LogP contribution in [-0.2, 0) is 0 Å². The van der Waals surface area contributed by atoms with E-state index in [9.17, 15) is 5.11 Å². The van der Waals surface area contributed by atoms with Crippen LogP contribution in [0.1, 0.15) is 26.7 Å². The summed E-state index contributed by atoms with van der Waals surface area (Å²) >= 11 is 0. The molecule has 0 unspecified atom stereocenters. The van der Waals surface area contributed by atoms with Crippen LogP contribution in [0.5, 0.6) is 0 Å². The third-order valence-corrected chi connectivity index (χ3v) is 2.41. The zero-order valence-corrected chi connectivity index (χ0v) is 6.93. The number of quaternary nitrogens is 1. The van der Waals surface area contributed by atoms with Gasteiger partial charge in [-0.15, -0.1) is 0 Å². The maximum atomic E-state index is 9.20. The number of hydrogen-bond donors (Lipinski definition) is 2. The summed E-state index contributed by atoms with van der Waals surface area (Å²) in [6.45, 7) is 6.79. The first-order chi connectivity index (χ1) is 4.70. The molecule has 0 atom stereocenters. The summed E-state index contributed by atoms with van der Waals surface area (Å²) < 4.78 is 0. The van der Waals surface area contributed by atoms with Crippen LogP contribution in [0.15, 0.2) is 0 Å². The van der Waals surface area contributed by atoms with E-state index in [4.69, 9.17) is 0 Å². The van der Waals surface area contributed by atoms with Gasteiger partial charge in [0.05, 0.1) is 25.2 Å². The van der Waals surface area contributed by atoms with Crippen LogP contribution in [0.2, 0.25) is 0 Å². The van der Waals surface area contributed by atoms with Crippen LogP contribution >= 0.6 is 0 Å². The van der Waals surface area contributed by atoms with Crippen LogP contribution < -0.4 is 4.90 Å². The molecule has 1 heterocycles. The van der Waals surface area contributed by atoms with Gasteiger partial charge in [0.25, 0.3) is 0 Å². The molecule has 1 aliphatic rings. The van der Waals surface area contributed by atoms with Crippen molar-refractivity contribution < 1.29 is 10.0 Å². The van der Waals surface area contributed by atoms with Crippen molar-refractivity contribution in [1.82, 2.24) is 0 Å². The molecule has 0 spiro atoms. The van der Waals surface area contributed by atoms with Gasteiger partial charge in [-0.25, -0.2) is 0 Å². The van der Waals surface area contributed by atoms with E-state index in [2.05, 4.69) is 13.8 Å². The standard InChI is InChI=1S/C8H17NO/c1-7(2)9-5-3-8(10)4-6-9/h7-8,10H,3-6H2,1-2H3/p+1. The van der Waals surface area contributed by atoms with Gasteiger partial charge >= 0.3 is 0 Å². The molecular formula is C8H18NO+. The predicted molar refractivity (Wildman–Crippen MR) is 41.1 cm³/mol. The van der Waals surface area contributed by atoms with Gasteiger partial charge in [0, 0.05) is 12.8 Å². The van der Waals surface area contributed by atoms with Crippen molar-refractivity contribution in [2.75, 3.05) is 13.1 Å². The first-order valence-electron chi connectivity index (χ1n) is 4.23. The Morgan fingerprint density at radius 2 is 1.80 bits per heavy atom. The van der Waals surface area contributed by atoms with Gasteiger partial charge in [-0.3, -0.25) is 0 Å². The number of likely N-dealkylation sites (tertiary alicyclic amines) is 1. The van der Waals surface area contributed by atoms with Gasteiger partial charge in [-0.2, -0.15) is 0 Å². The molecule has 0 aromatic carbocycles. The first kappa shape index (κ1) is 8.02. The highest BCUT2D eigenvalue weighted by molar-refractivity contribution is 4.58. The summed E-state index contributed by atoms with van der Waals surface area (Å²) in [4.78, 5) is 1.64. The van der Waals surface area contributed by atoms with Crippen LogP contribution in [0, 0.1) is 0 Å². The van der Waals surface area contributed by atoms with Crippen molar-refractivity contribution in [3.8, 4) is 0 Å². The highest BCUT2D eigenvalue weighted by atomic mass is 16.3. The molecule has 0 aromatic rings. The van der Waals surface area contributed by atoms with Gasteiger partial charge in [0.1, 0.15) is 0 Å². The summed E-state index contributed by atoms with van der Waals surface area (Å²) in [5.41, 5.74) is 0. The molecule has 2 N–H and O–H groups in total. The Bertz CT molecular complexity index is 95.4. The minimum atomic E-state index is -0.0116. The van der Waals surface area contributed by atoms with Crippen LogP contribution in [0.4, 0.5) is 0 Å². The molecule has 2 heteroatoms. The Hall–Kier alpha value is -0.0800. The minimum absolute atomic E-state index is 0.0116. The number of rotatable bonds is 1. The maximum Gasteiger partial charge on any atom is 0.0817 e. The van der Waals surface area contributed by atoms with Crippen molar-refractivity contribution in [2.24, 2.45) is 0 Å². The van der Waals surface area contributed by atoms with Crippen molar-refractivity contribution in [3.63, 3.8) is 0 Å². The molecule has 10 heavy (non-hydrogen) atoms. The second-order valence-corrected chi connectivity index (χ2v) is 3.54. The van der Waals surface area contributed by atoms with Gasteiger partial charge in [0.15, 0.2) is 0 Å². The van der Waals surface area contributed by atoms with Gasteiger partial charge in [-0.05, 0) is 13.8 Å². The van der Waals surface area contributed by atoms with Gasteiger partial charge in [0.2, 0.25) is 0 Å². The molecule has 0 saturated carbocycles. The van der Waals surface area contributed by atoms with E-state index in [-0.39, 0.29) is 6.10 Å². The fraction of sp³-hybridized carbons (Fsp3) is 1.00. The third kappa shape index (κ3) is 1.96. The van der Waals surface area contributed by atoms with E-state index >= 15 is 0 Å². The summed E-state index contributed by atoms with van der Waals surface area (Å²) in [5.74, 6) is 0. The third-order valence-electron chi connectivity index (χ3n) is 2.41. The molecule has 1 rings (SSSR count). The van der Waals surface area contributed by atoms with Crippen LogP contribution in [-0.4, -0.2) is 30.3 Å². The monoisotopic (exact) mass is 144 g/mol. The summed E-state index contributed by atoms with van der Waals surface area (Å²) in [6.07, 6.45) is 1.98. The molecule has 60 valence electrons. The van der Waals surface area contributed by atoms with Crippen molar-refractivity contribution in [1.29, 1.82) is 0 Å². The zero-order chi connectivity index (χ0) is 7.56. The Morgan fingerprint density at radius 1 is 1.30 bits per heavy atom. The quantitative estimate of drug-likeness (QED) is 0.506. The molecule has 0 radical (unpaired) electrons. The first-order valence-corrected chi connectivity index (χ1v) is 4.23. The average molecular weight is 144 g/mol. The van der Waals surface area contributed by atoms with Crippen molar-refractivity contribution in [3.05, 3.63) is 0 Å². The molecule has 0 bridgehead atoms. The number of nitrogens with one attached hydrogen (secondary N) is 1. The summed E-state index contributed by atoms with van der Waals surface area (Å²) in [6, 6.07) is 0.729. The molecule has 2 nitrogen and oxygen atoms in total. The topological polar surface area (TPSA) is 24.7 Å². The summed E-state index contributed by atoms with van der Waals surface area (Å²) in [7, 11) is 0. The molecule has 1 aliphatic heterocycles. The number of aliphatic hydroxyl groups is 1. The SMILES string of the molecule is CC(C)[NH+]1CCC(O)CC1. The van der Waals surface area contributed by atoms with E-state index < -0.39 is 0 Å². The lowest BCUT2D eigenvalue weighted by Crippen LogP contribution is -3.16. The molecular weight excluding hydrogens is 126 g/mol. The fourth-order valence-corrected chi connectivity index (χ4v) is 1.55. The molecule has 0 amide bonds. The number of hydrogen-bond acceptors (Lipinski definition) is 1. The normalized spacial score (nSPS) is 34.8. The highest BCUT2D eigenvalue weighted by Gasteiger charge is 2.21. The summed E-state index contributed by atoms with van der Waals surface area (Å²) in [5, 5.41) is 9.20. The van der Waals surface area contributed by atoms with E-state index in [1.807, 2.05) is 0 Å². The van der Waals surface area contributed by atoms with Crippen molar-refractivity contribution in [2.45, 2.75) is 38.8 Å². The van der Waals surface area contributed by atoms with Crippen LogP contribution in [0.25, 0.3) is 0 Å². The van der Waals surface area contributed by atoms with Crippen LogP contribution in [0.3, 0.4) is 0 Å². The fourth-order valence-electron chi connectivity index (χ4n) is 1.55. The molecule has 0 aliphatic carbocycles. The number of piperidine rings is 1. The lowest BCUT2D eigenvalue weighted by Gasteiger charge is -2.29. The smallest absolute Gasteiger partial charge is 0.0817 e. The van der Waals surface area contributed by atoms with Gasteiger partial charge in [-0.1, -0.05) is 0 Å². The molecule has 0 aromatic heterocycles. The second kappa shape index (κ2) is 3.35. The van der Waals surface area contributed by atoms with E-state index in [0.29, 0.717) is 0 Å². The van der Waals surface area contributed by atoms with Gasteiger partial charge < -0.3 is 10.0 Å². The predicted octanol–water partition coefficient (Wildman–Crippen LogP) is -0.566. The zero-order valence-electron chi connectivity index (χ0n) is 6.93. The lowest BCUT2D eigenvalue weighted by atomic mass is 10.1. The maximum absolute atomic E-state index is 9.20. The Balaban J connectivity index is 2.26. The Morgan fingerprint density at radius 3 is 2.20 bits per heavy atom. The number of aliphatic hydroxyl groups excluding tert-OH is 1. The second-order valence-electron chi connectivity index (χ2n) is 3.54. The largest absolute Gasteiger partial charge is 0.393 e. The molecule has 1 fully saturated rings. The average Bonchev–Trinajstić information content (AvgIpc) is 1.88. The van der Waals surface area contributed by atoms with E-state index in [1.54, 1.807) is 4.90 Å². The lowest BCUT2D eigenvalue weighted by molar-refractivity contribution is -0.927. The molecule has 1 saturated heterocycles. The highest BCUT2D eigenvalue weighted by Crippen LogP contribution is 1.97. The minimum Gasteiger partial charge on any atom is -0.393 e.